The molecule has 0 N–H and O–H groups in total. The third kappa shape index (κ3) is 2.77. The van der Waals surface area contributed by atoms with Gasteiger partial charge in [-0.1, -0.05) is 58.8 Å². The van der Waals surface area contributed by atoms with Crippen LogP contribution in [0.25, 0.3) is 0 Å². The molecule has 0 fully saturated rings. The zero-order valence-corrected chi connectivity index (χ0v) is 15.6. The van der Waals surface area contributed by atoms with Crippen LogP contribution in [0.2, 0.25) is 0 Å². The van der Waals surface area contributed by atoms with Gasteiger partial charge in [-0.05, 0) is 72.8 Å². The van der Waals surface area contributed by atoms with Crippen molar-refractivity contribution in [1.29, 1.82) is 0 Å². The fraction of sp³-hybridized carbons (Fsp3) is 0.636. The minimum absolute atomic E-state index is 0.676. The van der Waals surface area contributed by atoms with Crippen LogP contribution in [0, 0.1) is 0 Å². The molecule has 1 atom stereocenters. The highest BCUT2D eigenvalue weighted by Gasteiger charge is 2.28. The maximum Gasteiger partial charge on any atom is 0.00539 e. The fourth-order valence-corrected chi connectivity index (χ4v) is 4.73. The van der Waals surface area contributed by atoms with E-state index >= 15 is 0 Å². The molecule has 0 aromatic heterocycles. The van der Waals surface area contributed by atoms with Crippen LogP contribution in [0.3, 0.4) is 0 Å². The summed E-state index contributed by atoms with van der Waals surface area (Å²) >= 11 is 0. The van der Waals surface area contributed by atoms with Gasteiger partial charge in [0, 0.05) is 5.92 Å². The van der Waals surface area contributed by atoms with E-state index in [2.05, 4.69) is 47.6 Å². The summed E-state index contributed by atoms with van der Waals surface area (Å²) in [5.74, 6) is 0.676. The molecule has 0 aliphatic heterocycles. The van der Waals surface area contributed by atoms with E-state index in [0.29, 0.717) is 5.92 Å². The van der Waals surface area contributed by atoms with Crippen molar-refractivity contribution in [2.24, 2.45) is 0 Å². The molecule has 0 radical (unpaired) electrons. The number of aryl methyl sites for hydroxylation is 1. The number of allylic oxidation sites excluding steroid dienone is 2. The minimum atomic E-state index is 0.676. The Kier molecular flexibility index (Phi) is 5.89. The third-order valence-corrected chi connectivity index (χ3v) is 5.70. The molecule has 1 aliphatic rings. The van der Waals surface area contributed by atoms with Crippen molar-refractivity contribution in [1.82, 2.24) is 0 Å². The largest absolute Gasteiger partial charge is 0.0663 e. The van der Waals surface area contributed by atoms with Gasteiger partial charge in [-0.25, -0.2) is 0 Å². The fourth-order valence-electron chi connectivity index (χ4n) is 4.73. The van der Waals surface area contributed by atoms with E-state index in [1.165, 1.54) is 44.9 Å². The molecular weight excluding hydrogens is 264 g/mol. The molecule has 1 aliphatic carbocycles. The highest BCUT2D eigenvalue weighted by atomic mass is 14.3. The van der Waals surface area contributed by atoms with E-state index < -0.39 is 0 Å². The van der Waals surface area contributed by atoms with Gasteiger partial charge < -0.3 is 0 Å². The lowest BCUT2D eigenvalue weighted by atomic mass is 9.71. The normalized spacial score (nSPS) is 17.8. The molecule has 0 saturated heterocycles. The summed E-state index contributed by atoms with van der Waals surface area (Å²) in [4.78, 5) is 0. The Bertz CT molecular complexity index is 560. The first-order valence-electron chi connectivity index (χ1n) is 9.53. The highest BCUT2D eigenvalue weighted by Crippen LogP contribution is 2.44. The van der Waals surface area contributed by atoms with Crippen LogP contribution in [0.15, 0.2) is 17.2 Å². The molecule has 0 saturated carbocycles. The first kappa shape index (κ1) is 17.3. The Morgan fingerprint density at radius 3 is 1.95 bits per heavy atom. The quantitative estimate of drug-likeness (QED) is 0.523. The minimum Gasteiger partial charge on any atom is -0.0663 e. The summed E-state index contributed by atoms with van der Waals surface area (Å²) in [5.41, 5.74) is 11.8. The van der Waals surface area contributed by atoms with E-state index in [-0.39, 0.29) is 0 Å². The van der Waals surface area contributed by atoms with E-state index in [0.717, 1.165) is 0 Å². The Morgan fingerprint density at radius 1 is 0.818 bits per heavy atom. The number of hydrogen-bond acceptors (Lipinski definition) is 0. The summed E-state index contributed by atoms with van der Waals surface area (Å²) in [7, 11) is 0. The maximum absolute atomic E-state index is 2.55. The topological polar surface area (TPSA) is 0 Å². The van der Waals surface area contributed by atoms with Crippen molar-refractivity contribution < 1.29 is 0 Å². The Labute approximate surface area is 138 Å². The van der Waals surface area contributed by atoms with Crippen LogP contribution in [-0.4, -0.2) is 0 Å². The van der Waals surface area contributed by atoms with Crippen molar-refractivity contribution in [2.75, 3.05) is 0 Å². The zero-order valence-electron chi connectivity index (χ0n) is 15.6. The summed E-state index contributed by atoms with van der Waals surface area (Å²) in [5, 5.41) is 0. The maximum atomic E-state index is 2.55. The predicted octanol–water partition coefficient (Wildman–Crippen LogP) is 6.54. The monoisotopic (exact) mass is 298 g/mol. The van der Waals surface area contributed by atoms with Gasteiger partial charge in [-0.3, -0.25) is 0 Å². The molecule has 1 unspecified atom stereocenters. The molecule has 1 aromatic rings. The molecule has 0 amide bonds. The molecule has 122 valence electrons. The van der Waals surface area contributed by atoms with Crippen LogP contribution >= 0.6 is 0 Å². The van der Waals surface area contributed by atoms with Gasteiger partial charge in [0.25, 0.3) is 0 Å². The zero-order chi connectivity index (χ0) is 16.3. The lowest BCUT2D eigenvalue weighted by Crippen LogP contribution is -2.19. The van der Waals surface area contributed by atoms with Crippen molar-refractivity contribution in [3.05, 3.63) is 45.0 Å². The average molecular weight is 299 g/mol. The molecule has 0 spiro atoms. The van der Waals surface area contributed by atoms with E-state index in [9.17, 15) is 0 Å². The van der Waals surface area contributed by atoms with Crippen molar-refractivity contribution in [3.8, 4) is 0 Å². The van der Waals surface area contributed by atoms with Gasteiger partial charge in [0.2, 0.25) is 0 Å². The average Bonchev–Trinajstić information content (AvgIpc) is 2.57. The molecule has 0 bridgehead atoms. The molecule has 1 aromatic carbocycles. The van der Waals surface area contributed by atoms with Gasteiger partial charge in [-0.2, -0.15) is 0 Å². The third-order valence-electron chi connectivity index (χ3n) is 5.70. The summed E-state index contributed by atoms with van der Waals surface area (Å²) in [6.07, 6.45) is 8.44. The smallest absolute Gasteiger partial charge is 0.00539 e. The first-order valence-corrected chi connectivity index (χ1v) is 9.53. The molecule has 0 heteroatoms. The molecule has 22 heavy (non-hydrogen) atoms. The van der Waals surface area contributed by atoms with Crippen LogP contribution in [0.1, 0.15) is 94.5 Å². The lowest BCUT2D eigenvalue weighted by Gasteiger charge is -2.34. The van der Waals surface area contributed by atoms with Crippen LogP contribution in [0.4, 0.5) is 0 Å². The molecular formula is C22H34. The molecule has 2 rings (SSSR count). The van der Waals surface area contributed by atoms with Gasteiger partial charge in [0.05, 0.1) is 0 Å². The van der Waals surface area contributed by atoms with Gasteiger partial charge in [0.15, 0.2) is 0 Å². The highest BCUT2D eigenvalue weighted by molar-refractivity contribution is 5.54. The second-order valence-corrected chi connectivity index (χ2v) is 6.60. The van der Waals surface area contributed by atoms with E-state index in [1.54, 1.807) is 39.0 Å². The van der Waals surface area contributed by atoms with Crippen molar-refractivity contribution in [2.45, 2.75) is 92.4 Å². The molecule has 0 nitrogen and oxygen atoms in total. The number of fused-ring (bicyclic) bond motifs is 1. The Morgan fingerprint density at radius 2 is 1.50 bits per heavy atom. The Balaban J connectivity index is 2.72. The summed E-state index contributed by atoms with van der Waals surface area (Å²) in [6, 6.07) is 2.55. The van der Waals surface area contributed by atoms with E-state index in [4.69, 9.17) is 0 Å². The van der Waals surface area contributed by atoms with Crippen LogP contribution in [0.5, 0.6) is 0 Å². The summed E-state index contributed by atoms with van der Waals surface area (Å²) in [6.45, 7) is 14.1. The SMILES string of the molecule is CCC1=C(CC)C(CC)c2c(cc(CC)c(CC)c2CC)C1. The second-order valence-electron chi connectivity index (χ2n) is 6.60. The summed E-state index contributed by atoms with van der Waals surface area (Å²) < 4.78 is 0. The molecule has 0 heterocycles. The number of benzene rings is 1. The van der Waals surface area contributed by atoms with Crippen LogP contribution < -0.4 is 0 Å². The number of rotatable bonds is 6. The van der Waals surface area contributed by atoms with Crippen LogP contribution in [-0.2, 0) is 25.7 Å². The van der Waals surface area contributed by atoms with Gasteiger partial charge in [-0.15, -0.1) is 0 Å². The number of hydrogen-bond donors (Lipinski definition) is 0. The van der Waals surface area contributed by atoms with Crippen molar-refractivity contribution in [3.63, 3.8) is 0 Å². The van der Waals surface area contributed by atoms with Gasteiger partial charge >= 0.3 is 0 Å². The lowest BCUT2D eigenvalue weighted by molar-refractivity contribution is 0.666. The standard InChI is InChI=1S/C22H34/c1-7-15-13-17-14-16(8-2)19(10-4)21(12-6)22(17)20(11-5)18(15)9-3/h13,21H,7-12,14H2,1-6H3. The van der Waals surface area contributed by atoms with Gasteiger partial charge in [0.1, 0.15) is 0 Å². The van der Waals surface area contributed by atoms with E-state index in [1.807, 2.05) is 0 Å². The Hall–Kier alpha value is -1.04. The first-order chi connectivity index (χ1) is 10.7. The second kappa shape index (κ2) is 7.49. The van der Waals surface area contributed by atoms with Crippen molar-refractivity contribution >= 4 is 0 Å². The predicted molar refractivity (Wildman–Crippen MR) is 98.9 cm³/mol.